The maximum absolute atomic E-state index is 12.8. The zero-order chi connectivity index (χ0) is 18.5. The van der Waals surface area contributed by atoms with Crippen LogP contribution in [0.25, 0.3) is 6.08 Å². The highest BCUT2D eigenvalue weighted by atomic mass is 16.6. The predicted molar refractivity (Wildman–Crippen MR) is 101 cm³/mol. The summed E-state index contributed by atoms with van der Waals surface area (Å²) in [6, 6.07) is 16.2. The first kappa shape index (κ1) is 17.8. The molecule has 1 aliphatic heterocycles. The molecule has 0 aromatic heterocycles. The number of hydrogen-bond acceptors (Lipinski definition) is 4. The molecule has 1 heterocycles. The molecule has 0 radical (unpaired) electrons. The molecule has 1 fully saturated rings. The van der Waals surface area contributed by atoms with Gasteiger partial charge in [-0.05, 0) is 24.3 Å². The first-order chi connectivity index (χ1) is 12.5. The molecule has 0 bridgehead atoms. The van der Waals surface area contributed by atoms with E-state index in [2.05, 4.69) is 11.9 Å². The van der Waals surface area contributed by atoms with Gasteiger partial charge in [0.05, 0.1) is 11.0 Å². The minimum atomic E-state index is -0.439. The van der Waals surface area contributed by atoms with Crippen molar-refractivity contribution in [1.82, 2.24) is 9.80 Å². The molecule has 6 nitrogen and oxygen atoms in total. The molecular weight excluding hydrogens is 330 g/mol. The summed E-state index contributed by atoms with van der Waals surface area (Å²) in [4.78, 5) is 27.3. The number of nitro benzene ring substituents is 1. The first-order valence-corrected chi connectivity index (χ1v) is 8.51. The van der Waals surface area contributed by atoms with E-state index in [1.165, 1.54) is 18.2 Å². The van der Waals surface area contributed by atoms with E-state index in [1.807, 2.05) is 35.2 Å². The number of carbonyl (C=O) groups is 1. The lowest BCUT2D eigenvalue weighted by atomic mass is 10.0. The Kier molecular flexibility index (Phi) is 5.43. The third kappa shape index (κ3) is 4.15. The minimum absolute atomic E-state index is 0.00258. The van der Waals surface area contributed by atoms with E-state index in [0.29, 0.717) is 12.1 Å². The Balaban J connectivity index is 1.79. The molecular formula is C20H21N3O3. The lowest BCUT2D eigenvalue weighted by Gasteiger charge is -2.39. The topological polar surface area (TPSA) is 66.7 Å². The van der Waals surface area contributed by atoms with Crippen LogP contribution in [0.5, 0.6) is 0 Å². The molecule has 1 saturated heterocycles. The van der Waals surface area contributed by atoms with Crippen LogP contribution < -0.4 is 0 Å². The molecule has 134 valence electrons. The lowest BCUT2D eigenvalue weighted by Crippen LogP contribution is -2.48. The van der Waals surface area contributed by atoms with Crippen molar-refractivity contribution < 1.29 is 9.72 Å². The minimum Gasteiger partial charge on any atom is -0.330 e. The Morgan fingerprint density at radius 2 is 1.92 bits per heavy atom. The number of nitro groups is 1. The number of non-ortho nitro benzene ring substituents is 1. The van der Waals surface area contributed by atoms with Crippen molar-refractivity contribution in [1.29, 1.82) is 0 Å². The molecule has 2 aromatic rings. The molecule has 26 heavy (non-hydrogen) atoms. The van der Waals surface area contributed by atoms with E-state index in [0.717, 1.165) is 18.7 Å². The van der Waals surface area contributed by atoms with Gasteiger partial charge in [0.1, 0.15) is 0 Å². The van der Waals surface area contributed by atoms with E-state index in [9.17, 15) is 14.9 Å². The van der Waals surface area contributed by atoms with Crippen molar-refractivity contribution in [2.45, 2.75) is 6.04 Å². The van der Waals surface area contributed by atoms with Crippen molar-refractivity contribution >= 4 is 17.7 Å². The van der Waals surface area contributed by atoms with Gasteiger partial charge in [-0.2, -0.15) is 0 Å². The summed E-state index contributed by atoms with van der Waals surface area (Å²) in [5.41, 5.74) is 1.76. The van der Waals surface area contributed by atoms with Gasteiger partial charge in [-0.1, -0.05) is 42.5 Å². The van der Waals surface area contributed by atoms with Crippen molar-refractivity contribution in [2.24, 2.45) is 0 Å². The molecule has 6 heteroatoms. The van der Waals surface area contributed by atoms with E-state index >= 15 is 0 Å². The Labute approximate surface area is 152 Å². The molecule has 2 aromatic carbocycles. The van der Waals surface area contributed by atoms with Crippen molar-refractivity contribution in [3.05, 3.63) is 81.9 Å². The molecule has 1 aliphatic rings. The monoisotopic (exact) mass is 351 g/mol. The number of carbonyl (C=O) groups excluding carboxylic acids is 1. The second kappa shape index (κ2) is 7.93. The lowest BCUT2D eigenvalue weighted by molar-refractivity contribution is -0.384. The van der Waals surface area contributed by atoms with Crippen LogP contribution in [0.1, 0.15) is 17.2 Å². The molecule has 1 amide bonds. The Hall–Kier alpha value is -2.99. The Morgan fingerprint density at radius 3 is 2.65 bits per heavy atom. The van der Waals surface area contributed by atoms with Crippen LogP contribution in [-0.2, 0) is 4.79 Å². The number of likely N-dealkylation sites (N-methyl/N-ethyl adjacent to an activating group) is 1. The molecule has 0 aliphatic carbocycles. The summed E-state index contributed by atoms with van der Waals surface area (Å²) in [7, 11) is 2.05. The zero-order valence-corrected chi connectivity index (χ0v) is 14.6. The van der Waals surface area contributed by atoms with Gasteiger partial charge in [0.2, 0.25) is 5.91 Å². The summed E-state index contributed by atoms with van der Waals surface area (Å²) in [6.07, 6.45) is 3.13. The van der Waals surface area contributed by atoms with Gasteiger partial charge in [0, 0.05) is 37.8 Å². The van der Waals surface area contributed by atoms with Crippen LogP contribution in [0.3, 0.4) is 0 Å². The molecule has 0 N–H and O–H groups in total. The van der Waals surface area contributed by atoms with Crippen LogP contribution in [0.4, 0.5) is 5.69 Å². The van der Waals surface area contributed by atoms with E-state index in [4.69, 9.17) is 0 Å². The highest BCUT2D eigenvalue weighted by molar-refractivity contribution is 5.92. The molecule has 1 unspecified atom stereocenters. The molecule has 0 spiro atoms. The highest BCUT2D eigenvalue weighted by Crippen LogP contribution is 2.25. The Morgan fingerprint density at radius 1 is 1.15 bits per heavy atom. The number of rotatable bonds is 4. The zero-order valence-electron chi connectivity index (χ0n) is 14.6. The second-order valence-electron chi connectivity index (χ2n) is 6.41. The molecule has 0 saturated carbocycles. The summed E-state index contributed by atoms with van der Waals surface area (Å²) in [6.45, 7) is 2.24. The number of amides is 1. The van der Waals surface area contributed by atoms with Crippen molar-refractivity contribution in [3.63, 3.8) is 0 Å². The van der Waals surface area contributed by atoms with Crippen molar-refractivity contribution in [3.8, 4) is 0 Å². The largest absolute Gasteiger partial charge is 0.330 e. The second-order valence-corrected chi connectivity index (χ2v) is 6.41. The fourth-order valence-electron chi connectivity index (χ4n) is 3.15. The van der Waals surface area contributed by atoms with Gasteiger partial charge in [-0.3, -0.25) is 14.9 Å². The fraction of sp³-hybridized carbons (Fsp3) is 0.250. The summed E-state index contributed by atoms with van der Waals surface area (Å²) >= 11 is 0. The number of nitrogens with zero attached hydrogens (tertiary/aromatic N) is 3. The number of benzene rings is 2. The maximum Gasteiger partial charge on any atom is 0.270 e. The fourth-order valence-corrected chi connectivity index (χ4v) is 3.15. The van der Waals surface area contributed by atoms with Gasteiger partial charge in [-0.15, -0.1) is 0 Å². The third-order valence-electron chi connectivity index (χ3n) is 4.55. The quantitative estimate of drug-likeness (QED) is 0.482. The highest BCUT2D eigenvalue weighted by Gasteiger charge is 2.28. The van der Waals surface area contributed by atoms with Crippen LogP contribution in [0.2, 0.25) is 0 Å². The standard InChI is InChI=1S/C20H21N3O3/c1-21-12-13-22(19(15-21)17-7-3-2-4-8-17)20(24)11-10-16-6-5-9-18(14-16)23(25)26/h2-11,14,19H,12-13,15H2,1H3/b11-10+. The maximum atomic E-state index is 12.8. The van der Waals surface area contributed by atoms with E-state index < -0.39 is 4.92 Å². The molecule has 1 atom stereocenters. The van der Waals surface area contributed by atoms with Crippen LogP contribution in [0.15, 0.2) is 60.7 Å². The van der Waals surface area contributed by atoms with Crippen LogP contribution >= 0.6 is 0 Å². The van der Waals surface area contributed by atoms with E-state index in [1.54, 1.807) is 18.2 Å². The van der Waals surface area contributed by atoms with Gasteiger partial charge < -0.3 is 9.80 Å². The van der Waals surface area contributed by atoms with Crippen LogP contribution in [0, 0.1) is 10.1 Å². The summed E-state index contributed by atoms with van der Waals surface area (Å²) in [5.74, 6) is -0.0848. The summed E-state index contributed by atoms with van der Waals surface area (Å²) in [5, 5.41) is 10.9. The van der Waals surface area contributed by atoms with Gasteiger partial charge in [-0.25, -0.2) is 0 Å². The van der Waals surface area contributed by atoms with Crippen molar-refractivity contribution in [2.75, 3.05) is 26.7 Å². The predicted octanol–water partition coefficient (Wildman–Crippen LogP) is 3.12. The van der Waals surface area contributed by atoms with Gasteiger partial charge in [0.15, 0.2) is 0 Å². The number of piperazine rings is 1. The van der Waals surface area contributed by atoms with Crippen LogP contribution in [-0.4, -0.2) is 47.3 Å². The normalized spacial score (nSPS) is 18.2. The third-order valence-corrected chi connectivity index (χ3v) is 4.55. The average molecular weight is 351 g/mol. The average Bonchev–Trinajstić information content (AvgIpc) is 2.67. The SMILES string of the molecule is CN1CCN(C(=O)/C=C/c2cccc([N+](=O)[O-])c2)C(c2ccccc2)C1. The van der Waals surface area contributed by atoms with Gasteiger partial charge >= 0.3 is 0 Å². The smallest absolute Gasteiger partial charge is 0.270 e. The first-order valence-electron chi connectivity index (χ1n) is 8.51. The molecule has 3 rings (SSSR count). The number of hydrogen-bond donors (Lipinski definition) is 0. The van der Waals surface area contributed by atoms with E-state index in [-0.39, 0.29) is 17.6 Å². The summed E-state index contributed by atoms with van der Waals surface area (Å²) < 4.78 is 0. The van der Waals surface area contributed by atoms with Gasteiger partial charge in [0.25, 0.3) is 5.69 Å². The Bertz CT molecular complexity index is 820.